The highest BCUT2D eigenvalue weighted by atomic mass is 16.5. The van der Waals surface area contributed by atoms with E-state index in [1.807, 2.05) is 6.92 Å². The van der Waals surface area contributed by atoms with Crippen LogP contribution in [-0.2, 0) is 9.59 Å². The summed E-state index contributed by atoms with van der Waals surface area (Å²) in [5, 5.41) is 5.89. The fourth-order valence-corrected chi connectivity index (χ4v) is 3.51. The Kier molecular flexibility index (Phi) is 5.81. The molecule has 1 aromatic rings. The van der Waals surface area contributed by atoms with E-state index in [1.54, 1.807) is 24.3 Å². The van der Waals surface area contributed by atoms with Gasteiger partial charge in [0.05, 0.1) is 13.2 Å². The van der Waals surface area contributed by atoms with Gasteiger partial charge in [-0.15, -0.1) is 0 Å². The summed E-state index contributed by atoms with van der Waals surface area (Å²) in [6.45, 7) is 2.02. The monoisotopic (exact) mass is 388 g/mol. The minimum Gasteiger partial charge on any atom is -0.494 e. The first-order chi connectivity index (χ1) is 13.4. The molecule has 9 nitrogen and oxygen atoms in total. The normalized spacial score (nSPS) is 18.0. The van der Waals surface area contributed by atoms with Crippen LogP contribution in [0.15, 0.2) is 24.3 Å². The number of carbonyl (C=O) groups is 4. The molecule has 1 aliphatic heterocycles. The molecule has 0 atom stereocenters. The van der Waals surface area contributed by atoms with Gasteiger partial charge in [-0.2, -0.15) is 5.01 Å². The largest absolute Gasteiger partial charge is 0.494 e. The number of ether oxygens (including phenoxy) is 1. The number of rotatable bonds is 6. The maximum absolute atomic E-state index is 12.6. The van der Waals surface area contributed by atoms with Crippen molar-refractivity contribution in [2.75, 3.05) is 13.2 Å². The van der Waals surface area contributed by atoms with Gasteiger partial charge in [0.1, 0.15) is 11.3 Å². The zero-order valence-corrected chi connectivity index (χ0v) is 15.7. The molecule has 3 rings (SSSR count). The van der Waals surface area contributed by atoms with Crippen LogP contribution in [0, 0.1) is 0 Å². The van der Waals surface area contributed by atoms with E-state index < -0.39 is 29.3 Å². The number of hydrogen-bond acceptors (Lipinski definition) is 5. The Morgan fingerprint density at radius 2 is 1.82 bits per heavy atom. The molecule has 1 aliphatic carbocycles. The third-order valence-corrected chi connectivity index (χ3v) is 4.94. The predicted molar refractivity (Wildman–Crippen MR) is 99.3 cm³/mol. The number of nitrogens with zero attached hydrogens (tertiary/aromatic N) is 1. The van der Waals surface area contributed by atoms with Gasteiger partial charge in [0.2, 0.25) is 0 Å². The molecule has 1 heterocycles. The summed E-state index contributed by atoms with van der Waals surface area (Å²) in [6, 6.07) is 5.86. The van der Waals surface area contributed by atoms with Crippen molar-refractivity contribution in [2.45, 2.75) is 44.6 Å². The van der Waals surface area contributed by atoms with Gasteiger partial charge in [0, 0.05) is 5.56 Å². The fraction of sp³-hybridized carbons (Fsp3) is 0.474. The third kappa shape index (κ3) is 4.08. The topological polar surface area (TPSA) is 117 Å². The lowest BCUT2D eigenvalue weighted by Crippen LogP contribution is -2.52. The summed E-state index contributed by atoms with van der Waals surface area (Å²) in [6.07, 6.45) is 3.86. The van der Waals surface area contributed by atoms with Gasteiger partial charge in [-0.25, -0.2) is 4.79 Å². The van der Waals surface area contributed by atoms with E-state index in [-0.39, 0.29) is 6.54 Å². The number of carbonyl (C=O) groups excluding carboxylic acids is 4. The van der Waals surface area contributed by atoms with Crippen LogP contribution in [0.5, 0.6) is 5.75 Å². The van der Waals surface area contributed by atoms with Crippen molar-refractivity contribution in [1.82, 2.24) is 21.1 Å². The smallest absolute Gasteiger partial charge is 0.344 e. The van der Waals surface area contributed by atoms with Crippen molar-refractivity contribution in [3.05, 3.63) is 29.8 Å². The van der Waals surface area contributed by atoms with Crippen LogP contribution >= 0.6 is 0 Å². The minimum atomic E-state index is -0.909. The highest BCUT2D eigenvalue weighted by Gasteiger charge is 2.52. The standard InChI is InChI=1S/C19H24N4O5/c1-2-28-14-8-6-13(7-9-14)16(25)20-12-15(24)22-23-17(26)19(21-18(23)27)10-4-3-5-11-19/h6-9H,2-5,10-12H2,1H3,(H,20,25)(H,21,27)(H,22,24). The third-order valence-electron chi connectivity index (χ3n) is 4.94. The SMILES string of the molecule is CCOc1ccc(C(=O)NCC(=O)NN2C(=O)NC3(CCCCC3)C2=O)cc1. The van der Waals surface area contributed by atoms with E-state index in [2.05, 4.69) is 16.1 Å². The van der Waals surface area contributed by atoms with Crippen LogP contribution in [0.1, 0.15) is 49.4 Å². The molecular formula is C19H24N4O5. The quantitative estimate of drug-likeness (QED) is 0.631. The van der Waals surface area contributed by atoms with Crippen LogP contribution in [0.3, 0.4) is 0 Å². The summed E-state index contributed by atoms with van der Waals surface area (Å²) in [5.41, 5.74) is 1.74. The van der Waals surface area contributed by atoms with E-state index in [1.165, 1.54) is 0 Å². The van der Waals surface area contributed by atoms with Crippen molar-refractivity contribution in [3.63, 3.8) is 0 Å². The summed E-state index contributed by atoms with van der Waals surface area (Å²) in [5.74, 6) is -0.898. The van der Waals surface area contributed by atoms with Crippen molar-refractivity contribution < 1.29 is 23.9 Å². The first-order valence-electron chi connectivity index (χ1n) is 9.42. The Morgan fingerprint density at radius 1 is 1.14 bits per heavy atom. The van der Waals surface area contributed by atoms with Gasteiger partial charge in [0.15, 0.2) is 0 Å². The molecule has 1 spiro atoms. The molecule has 150 valence electrons. The molecule has 0 aromatic heterocycles. The van der Waals surface area contributed by atoms with Crippen molar-refractivity contribution >= 4 is 23.8 Å². The lowest BCUT2D eigenvalue weighted by atomic mass is 9.82. The molecule has 0 bridgehead atoms. The average molecular weight is 388 g/mol. The van der Waals surface area contributed by atoms with Gasteiger partial charge >= 0.3 is 6.03 Å². The summed E-state index contributed by atoms with van der Waals surface area (Å²) >= 11 is 0. The molecular weight excluding hydrogens is 364 g/mol. The molecule has 2 aliphatic rings. The van der Waals surface area contributed by atoms with Crippen LogP contribution in [0.2, 0.25) is 0 Å². The molecule has 0 unspecified atom stereocenters. The molecule has 9 heteroatoms. The van der Waals surface area contributed by atoms with Crippen molar-refractivity contribution in [1.29, 1.82) is 0 Å². The van der Waals surface area contributed by atoms with E-state index in [0.29, 0.717) is 30.8 Å². The van der Waals surface area contributed by atoms with Crippen molar-refractivity contribution in [2.24, 2.45) is 0 Å². The zero-order valence-electron chi connectivity index (χ0n) is 15.7. The lowest BCUT2D eigenvalue weighted by Gasteiger charge is -2.30. The Morgan fingerprint density at radius 3 is 2.46 bits per heavy atom. The molecule has 28 heavy (non-hydrogen) atoms. The first kappa shape index (κ1) is 19.7. The summed E-state index contributed by atoms with van der Waals surface area (Å²) in [7, 11) is 0. The summed E-state index contributed by atoms with van der Waals surface area (Å²) in [4.78, 5) is 49.0. The number of imide groups is 1. The Balaban J connectivity index is 1.52. The first-order valence-corrected chi connectivity index (χ1v) is 9.42. The Labute approximate surface area is 162 Å². The lowest BCUT2D eigenvalue weighted by molar-refractivity contribution is -0.139. The summed E-state index contributed by atoms with van der Waals surface area (Å²) < 4.78 is 5.31. The van der Waals surface area contributed by atoms with Crippen molar-refractivity contribution in [3.8, 4) is 5.75 Å². The molecule has 3 N–H and O–H groups in total. The zero-order chi connectivity index (χ0) is 20.1. The molecule has 5 amide bonds. The molecule has 1 saturated carbocycles. The van der Waals surface area contributed by atoms with E-state index >= 15 is 0 Å². The number of urea groups is 1. The Bertz CT molecular complexity index is 771. The Hall–Kier alpha value is -3.10. The number of nitrogens with one attached hydrogen (secondary N) is 3. The molecule has 1 saturated heterocycles. The number of benzene rings is 1. The molecule has 2 fully saturated rings. The highest BCUT2D eigenvalue weighted by Crippen LogP contribution is 2.32. The number of hydrogen-bond donors (Lipinski definition) is 3. The molecule has 1 aromatic carbocycles. The van der Waals surface area contributed by atoms with Gasteiger partial charge in [-0.1, -0.05) is 19.3 Å². The van der Waals surface area contributed by atoms with Crippen LogP contribution in [0.4, 0.5) is 4.79 Å². The predicted octanol–water partition coefficient (Wildman–Crippen LogP) is 1.10. The van der Waals surface area contributed by atoms with Crippen LogP contribution in [0.25, 0.3) is 0 Å². The number of amides is 5. The van der Waals surface area contributed by atoms with Gasteiger partial charge in [0.25, 0.3) is 17.7 Å². The van der Waals surface area contributed by atoms with Gasteiger partial charge in [-0.05, 0) is 44.0 Å². The van der Waals surface area contributed by atoms with Crippen LogP contribution in [-0.4, -0.2) is 47.5 Å². The second kappa shape index (κ2) is 8.28. The second-order valence-electron chi connectivity index (χ2n) is 6.89. The second-order valence-corrected chi connectivity index (χ2v) is 6.89. The number of hydrazine groups is 1. The van der Waals surface area contributed by atoms with Gasteiger partial charge in [-0.3, -0.25) is 19.8 Å². The fourth-order valence-electron chi connectivity index (χ4n) is 3.51. The van der Waals surface area contributed by atoms with E-state index in [0.717, 1.165) is 24.3 Å². The van der Waals surface area contributed by atoms with E-state index in [4.69, 9.17) is 4.74 Å². The maximum atomic E-state index is 12.6. The molecule has 0 radical (unpaired) electrons. The van der Waals surface area contributed by atoms with Gasteiger partial charge < -0.3 is 15.4 Å². The van der Waals surface area contributed by atoms with Crippen LogP contribution < -0.4 is 20.8 Å². The average Bonchev–Trinajstić information content (AvgIpc) is 2.91. The highest BCUT2D eigenvalue weighted by molar-refractivity contribution is 6.08. The minimum absolute atomic E-state index is 0.365. The van der Waals surface area contributed by atoms with E-state index in [9.17, 15) is 19.2 Å². The maximum Gasteiger partial charge on any atom is 0.344 e.